The summed E-state index contributed by atoms with van der Waals surface area (Å²) in [5.41, 5.74) is 1.30. The quantitative estimate of drug-likeness (QED) is 0.892. The summed E-state index contributed by atoms with van der Waals surface area (Å²) < 4.78 is 11.0. The molecule has 0 aliphatic carbocycles. The molecule has 1 aliphatic heterocycles. The number of hydrogen-bond donors (Lipinski definition) is 2. The lowest BCUT2D eigenvalue weighted by molar-refractivity contribution is -0.122. The van der Waals surface area contributed by atoms with Gasteiger partial charge in [-0.25, -0.2) is 0 Å². The molecule has 2 N–H and O–H groups in total. The third-order valence-corrected chi connectivity index (χ3v) is 3.62. The van der Waals surface area contributed by atoms with E-state index in [0.29, 0.717) is 35.1 Å². The number of carbonyl (C=O) groups is 1. The van der Waals surface area contributed by atoms with Gasteiger partial charge in [-0.3, -0.25) is 4.79 Å². The van der Waals surface area contributed by atoms with Crippen LogP contribution >= 0.6 is 0 Å². The number of para-hydroxylation sites is 1. The number of hydrogen-bond acceptors (Lipinski definition) is 6. The Labute approximate surface area is 128 Å². The zero-order valence-electron chi connectivity index (χ0n) is 12.7. The maximum absolute atomic E-state index is 11.7. The van der Waals surface area contributed by atoms with Gasteiger partial charge in [0.05, 0.1) is 11.3 Å². The number of aromatic nitrogens is 2. The van der Waals surface area contributed by atoms with E-state index >= 15 is 0 Å². The van der Waals surface area contributed by atoms with Crippen molar-refractivity contribution in [2.24, 2.45) is 0 Å². The van der Waals surface area contributed by atoms with E-state index in [1.807, 2.05) is 26.1 Å². The summed E-state index contributed by atoms with van der Waals surface area (Å²) in [4.78, 5) is 16.1. The molecule has 7 heteroatoms. The number of nitrogens with zero attached hydrogens (tertiary/aromatic N) is 2. The fourth-order valence-corrected chi connectivity index (χ4v) is 2.22. The van der Waals surface area contributed by atoms with Crippen molar-refractivity contribution in [3.63, 3.8) is 0 Å². The van der Waals surface area contributed by atoms with E-state index in [2.05, 4.69) is 20.8 Å². The minimum absolute atomic E-state index is 0.168. The Morgan fingerprint density at radius 2 is 2.27 bits per heavy atom. The summed E-state index contributed by atoms with van der Waals surface area (Å²) in [6.07, 6.45) is 0.114. The first-order chi connectivity index (χ1) is 10.6. The number of benzene rings is 1. The van der Waals surface area contributed by atoms with Crippen LogP contribution < -0.4 is 15.4 Å². The molecular formula is C15H18N4O3. The highest BCUT2D eigenvalue weighted by Crippen LogP contribution is 2.38. The fraction of sp³-hybridized carbons (Fsp3) is 0.400. The average Bonchev–Trinajstić information content (AvgIpc) is 2.96. The number of anilines is 1. The van der Waals surface area contributed by atoms with Gasteiger partial charge in [-0.1, -0.05) is 11.2 Å². The second-order valence-electron chi connectivity index (χ2n) is 5.34. The van der Waals surface area contributed by atoms with E-state index in [-0.39, 0.29) is 11.9 Å². The number of likely N-dealkylation sites (N-methyl/N-ethyl adjacent to an activating group) is 1. The van der Waals surface area contributed by atoms with Crippen LogP contribution in [0.15, 0.2) is 22.7 Å². The minimum Gasteiger partial charge on any atom is -0.478 e. The molecule has 116 valence electrons. The predicted molar refractivity (Wildman–Crippen MR) is 80.7 cm³/mol. The molecule has 1 aromatic carbocycles. The first-order valence-electron chi connectivity index (χ1n) is 7.19. The Balaban J connectivity index is 1.93. The maximum Gasteiger partial charge on any atom is 0.265 e. The van der Waals surface area contributed by atoms with Gasteiger partial charge in [0.2, 0.25) is 0 Å². The van der Waals surface area contributed by atoms with Gasteiger partial charge in [-0.15, -0.1) is 0 Å². The molecule has 2 atom stereocenters. The van der Waals surface area contributed by atoms with Crippen molar-refractivity contribution in [1.82, 2.24) is 15.5 Å². The minimum atomic E-state index is -0.555. The largest absolute Gasteiger partial charge is 0.478 e. The molecule has 1 aromatic heterocycles. The van der Waals surface area contributed by atoms with Crippen molar-refractivity contribution >= 4 is 11.6 Å². The highest BCUT2D eigenvalue weighted by Gasteiger charge is 2.27. The molecule has 7 nitrogen and oxygen atoms in total. The van der Waals surface area contributed by atoms with Crippen LogP contribution in [0.5, 0.6) is 5.75 Å². The molecule has 0 saturated carbocycles. The van der Waals surface area contributed by atoms with Crippen LogP contribution in [0.2, 0.25) is 0 Å². The van der Waals surface area contributed by atoms with E-state index in [1.165, 1.54) is 0 Å². The molecule has 0 fully saturated rings. The summed E-state index contributed by atoms with van der Waals surface area (Å²) in [7, 11) is 1.89. The molecule has 22 heavy (non-hydrogen) atoms. The Hall–Kier alpha value is -2.41. The lowest BCUT2D eigenvalue weighted by atomic mass is 10.1. The monoisotopic (exact) mass is 302 g/mol. The van der Waals surface area contributed by atoms with Crippen molar-refractivity contribution in [2.45, 2.75) is 32.4 Å². The van der Waals surface area contributed by atoms with Crippen LogP contribution in [0, 0.1) is 0 Å². The summed E-state index contributed by atoms with van der Waals surface area (Å²) in [6, 6.07) is 5.68. The number of carbonyl (C=O) groups excluding carboxylic acids is 1. The van der Waals surface area contributed by atoms with E-state index in [0.717, 1.165) is 0 Å². The second-order valence-corrected chi connectivity index (χ2v) is 5.34. The maximum atomic E-state index is 11.7. The van der Waals surface area contributed by atoms with Gasteiger partial charge in [-0.05, 0) is 33.0 Å². The first-order valence-corrected chi connectivity index (χ1v) is 7.19. The van der Waals surface area contributed by atoms with Crippen LogP contribution in [-0.4, -0.2) is 35.2 Å². The zero-order valence-corrected chi connectivity index (χ0v) is 12.7. The Morgan fingerprint density at radius 1 is 1.45 bits per heavy atom. The molecule has 0 bridgehead atoms. The van der Waals surface area contributed by atoms with E-state index in [4.69, 9.17) is 9.26 Å². The molecule has 0 spiro atoms. The van der Waals surface area contributed by atoms with Crippen molar-refractivity contribution in [2.75, 3.05) is 12.4 Å². The topological polar surface area (TPSA) is 89.3 Å². The second kappa shape index (κ2) is 5.76. The van der Waals surface area contributed by atoms with Crippen LogP contribution in [0.4, 0.5) is 5.69 Å². The highest BCUT2D eigenvalue weighted by molar-refractivity contribution is 5.99. The molecular weight excluding hydrogens is 284 g/mol. The fourth-order valence-electron chi connectivity index (χ4n) is 2.22. The Morgan fingerprint density at radius 3 is 3.05 bits per heavy atom. The first kappa shape index (κ1) is 14.5. The van der Waals surface area contributed by atoms with Crippen molar-refractivity contribution in [1.29, 1.82) is 0 Å². The van der Waals surface area contributed by atoms with Gasteiger partial charge in [0, 0.05) is 12.5 Å². The van der Waals surface area contributed by atoms with Gasteiger partial charge in [-0.2, -0.15) is 4.98 Å². The van der Waals surface area contributed by atoms with Gasteiger partial charge >= 0.3 is 0 Å². The van der Waals surface area contributed by atoms with Crippen LogP contribution in [-0.2, 0) is 11.2 Å². The normalized spacial score (nSPS) is 18.3. The van der Waals surface area contributed by atoms with Crippen LogP contribution in [0.1, 0.15) is 19.7 Å². The molecule has 3 rings (SSSR count). The van der Waals surface area contributed by atoms with Crippen LogP contribution in [0.25, 0.3) is 11.5 Å². The molecule has 0 radical (unpaired) electrons. The number of nitrogens with one attached hydrogen (secondary N) is 2. The van der Waals surface area contributed by atoms with E-state index in [9.17, 15) is 4.79 Å². The molecule has 1 aliphatic rings. The molecule has 0 saturated heterocycles. The predicted octanol–water partition coefficient (Wildman–Crippen LogP) is 1.61. The Kier molecular flexibility index (Phi) is 3.81. The number of fused-ring (bicyclic) bond motifs is 1. The summed E-state index contributed by atoms with van der Waals surface area (Å²) in [5, 5.41) is 9.93. The third-order valence-electron chi connectivity index (χ3n) is 3.62. The smallest absolute Gasteiger partial charge is 0.265 e. The van der Waals surface area contributed by atoms with Crippen LogP contribution in [0.3, 0.4) is 0 Å². The molecule has 2 aromatic rings. The summed E-state index contributed by atoms with van der Waals surface area (Å²) in [6.45, 7) is 3.74. The Bertz CT molecular complexity index is 698. The highest BCUT2D eigenvalue weighted by atomic mass is 16.5. The van der Waals surface area contributed by atoms with E-state index < -0.39 is 6.10 Å². The number of ether oxygens (including phenoxy) is 1. The molecule has 2 heterocycles. The number of rotatable bonds is 4. The molecule has 2 unspecified atom stereocenters. The van der Waals surface area contributed by atoms with Gasteiger partial charge in [0.15, 0.2) is 17.7 Å². The van der Waals surface area contributed by atoms with Crippen molar-refractivity contribution in [3.8, 4) is 17.2 Å². The standard InChI is InChI=1S/C15H18N4O3/c1-8(16-3)7-12-18-15(22-19-12)10-5-4-6-11-13(10)21-9(2)14(20)17-11/h4-6,8-9,16H,7H2,1-3H3,(H,17,20). The zero-order chi connectivity index (χ0) is 15.7. The lowest BCUT2D eigenvalue weighted by Crippen LogP contribution is -2.34. The van der Waals surface area contributed by atoms with Gasteiger partial charge in [0.1, 0.15) is 0 Å². The van der Waals surface area contributed by atoms with E-state index in [1.54, 1.807) is 13.0 Å². The van der Waals surface area contributed by atoms with Gasteiger partial charge < -0.3 is 19.9 Å². The lowest BCUT2D eigenvalue weighted by Gasteiger charge is -2.24. The average molecular weight is 302 g/mol. The SMILES string of the molecule is CNC(C)Cc1noc(-c2cccc3c2OC(C)C(=O)N3)n1. The summed E-state index contributed by atoms with van der Waals surface area (Å²) in [5.74, 6) is 1.41. The van der Waals surface area contributed by atoms with Gasteiger partial charge in [0.25, 0.3) is 11.8 Å². The van der Waals surface area contributed by atoms with Crippen molar-refractivity contribution < 1.29 is 14.1 Å². The van der Waals surface area contributed by atoms with Crippen molar-refractivity contribution in [3.05, 3.63) is 24.0 Å². The number of amides is 1. The molecule has 1 amide bonds. The summed E-state index contributed by atoms with van der Waals surface area (Å²) >= 11 is 0. The third kappa shape index (κ3) is 2.67.